The van der Waals surface area contributed by atoms with Crippen LogP contribution in [0.25, 0.3) is 0 Å². The quantitative estimate of drug-likeness (QED) is 0.550. The topological polar surface area (TPSA) is 79.0 Å². The smallest absolute Gasteiger partial charge is 0.220 e. The van der Waals surface area contributed by atoms with E-state index in [2.05, 4.69) is 5.32 Å². The molecule has 0 aromatic rings. The number of carbonyl (C=O) groups excluding carboxylic acids is 1. The Balaban J connectivity index is 2.10. The molecular formula is C11H21N3O. The lowest BCUT2D eigenvalue weighted by Crippen LogP contribution is -2.36. The van der Waals surface area contributed by atoms with Crippen molar-refractivity contribution < 1.29 is 4.79 Å². The number of carbonyl (C=O) groups is 1. The molecule has 86 valence electrons. The fraction of sp³-hybridized carbons (Fsp3) is 0.818. The molecule has 0 atom stereocenters. The summed E-state index contributed by atoms with van der Waals surface area (Å²) in [6.07, 6.45) is 7.17. The van der Waals surface area contributed by atoms with Gasteiger partial charge in [0, 0.05) is 24.6 Å². The summed E-state index contributed by atoms with van der Waals surface area (Å²) in [6.45, 7) is 1.26. The van der Waals surface area contributed by atoms with E-state index in [9.17, 15) is 4.79 Å². The van der Waals surface area contributed by atoms with E-state index >= 15 is 0 Å². The summed E-state index contributed by atoms with van der Waals surface area (Å²) in [4.78, 5) is 11.3. The number of hydrogen-bond acceptors (Lipinski definition) is 3. The van der Waals surface area contributed by atoms with Crippen LogP contribution in [-0.4, -0.2) is 25.2 Å². The first-order chi connectivity index (χ1) is 7.22. The molecule has 0 aromatic heterocycles. The highest BCUT2D eigenvalue weighted by atomic mass is 16.1. The molecule has 0 aliphatic heterocycles. The van der Waals surface area contributed by atoms with E-state index in [0.29, 0.717) is 19.5 Å². The van der Waals surface area contributed by atoms with Crippen molar-refractivity contribution in [3.8, 4) is 0 Å². The normalized spacial score (nSPS) is 17.9. The summed E-state index contributed by atoms with van der Waals surface area (Å²) < 4.78 is 0. The van der Waals surface area contributed by atoms with E-state index in [-0.39, 0.29) is 11.3 Å². The molecule has 0 heterocycles. The minimum absolute atomic E-state index is 0.0832. The van der Waals surface area contributed by atoms with Crippen molar-refractivity contribution in [2.24, 2.45) is 11.1 Å². The van der Waals surface area contributed by atoms with Crippen molar-refractivity contribution in [1.29, 1.82) is 5.41 Å². The standard InChI is InChI=1S/C11H21N3O/c12-7-1-3-10(15)14-8-6-11(9-13)4-2-5-11/h9,13H,1-8,12H2,(H,14,15). The Kier molecular flexibility index (Phi) is 4.75. The van der Waals surface area contributed by atoms with Gasteiger partial charge < -0.3 is 16.5 Å². The second kappa shape index (κ2) is 5.85. The number of nitrogens with one attached hydrogen (secondary N) is 2. The zero-order valence-electron chi connectivity index (χ0n) is 9.22. The zero-order valence-corrected chi connectivity index (χ0v) is 9.22. The molecule has 0 spiro atoms. The molecular weight excluding hydrogens is 190 g/mol. The number of amides is 1. The van der Waals surface area contributed by atoms with Crippen LogP contribution in [0.5, 0.6) is 0 Å². The lowest BCUT2D eigenvalue weighted by molar-refractivity contribution is -0.121. The molecule has 15 heavy (non-hydrogen) atoms. The first-order valence-corrected chi connectivity index (χ1v) is 5.71. The highest BCUT2D eigenvalue weighted by Crippen LogP contribution is 2.41. The van der Waals surface area contributed by atoms with Crippen LogP contribution in [0.1, 0.15) is 38.5 Å². The van der Waals surface area contributed by atoms with Gasteiger partial charge in [0.1, 0.15) is 0 Å². The molecule has 1 aliphatic rings. The van der Waals surface area contributed by atoms with Gasteiger partial charge in [0.15, 0.2) is 0 Å². The molecule has 1 rings (SSSR count). The average Bonchev–Trinajstić information content (AvgIpc) is 2.19. The summed E-state index contributed by atoms with van der Waals surface area (Å²) >= 11 is 0. The predicted octanol–water partition coefficient (Wildman–Crippen LogP) is 1.05. The lowest BCUT2D eigenvalue weighted by atomic mass is 9.67. The van der Waals surface area contributed by atoms with Gasteiger partial charge in [-0.1, -0.05) is 6.42 Å². The first-order valence-electron chi connectivity index (χ1n) is 5.71. The van der Waals surface area contributed by atoms with E-state index in [4.69, 9.17) is 11.1 Å². The van der Waals surface area contributed by atoms with E-state index in [1.807, 2.05) is 0 Å². The van der Waals surface area contributed by atoms with Gasteiger partial charge in [-0.05, 0) is 32.2 Å². The van der Waals surface area contributed by atoms with Crippen LogP contribution in [0, 0.1) is 10.8 Å². The van der Waals surface area contributed by atoms with Crippen molar-refractivity contribution in [2.75, 3.05) is 13.1 Å². The highest BCUT2D eigenvalue weighted by Gasteiger charge is 2.34. The molecule has 0 radical (unpaired) electrons. The van der Waals surface area contributed by atoms with Crippen molar-refractivity contribution in [2.45, 2.75) is 38.5 Å². The number of nitrogens with two attached hydrogens (primary N) is 1. The van der Waals surface area contributed by atoms with Crippen LogP contribution < -0.4 is 11.1 Å². The molecule has 1 fully saturated rings. The zero-order chi connectivity index (χ0) is 11.1. The number of hydrogen-bond donors (Lipinski definition) is 3. The van der Waals surface area contributed by atoms with Crippen LogP contribution in [0.4, 0.5) is 0 Å². The maximum absolute atomic E-state index is 11.3. The van der Waals surface area contributed by atoms with Crippen molar-refractivity contribution in [1.82, 2.24) is 5.32 Å². The molecule has 4 N–H and O–H groups in total. The van der Waals surface area contributed by atoms with E-state index in [1.165, 1.54) is 6.42 Å². The van der Waals surface area contributed by atoms with E-state index < -0.39 is 0 Å². The summed E-state index contributed by atoms with van der Waals surface area (Å²) in [7, 11) is 0. The summed E-state index contributed by atoms with van der Waals surface area (Å²) in [5, 5.41) is 10.2. The van der Waals surface area contributed by atoms with Crippen LogP contribution >= 0.6 is 0 Å². The van der Waals surface area contributed by atoms with Crippen LogP contribution in [-0.2, 0) is 4.79 Å². The maximum atomic E-state index is 11.3. The van der Waals surface area contributed by atoms with Gasteiger partial charge >= 0.3 is 0 Å². The highest BCUT2D eigenvalue weighted by molar-refractivity contribution is 5.75. The van der Waals surface area contributed by atoms with Gasteiger partial charge in [-0.3, -0.25) is 4.79 Å². The molecule has 1 saturated carbocycles. The maximum Gasteiger partial charge on any atom is 0.220 e. The Morgan fingerprint density at radius 1 is 1.53 bits per heavy atom. The van der Waals surface area contributed by atoms with Crippen molar-refractivity contribution in [3.63, 3.8) is 0 Å². The van der Waals surface area contributed by atoms with Gasteiger partial charge in [0.05, 0.1) is 0 Å². The molecule has 1 amide bonds. The second-order valence-electron chi connectivity index (χ2n) is 4.35. The number of rotatable bonds is 7. The second-order valence-corrected chi connectivity index (χ2v) is 4.35. The van der Waals surface area contributed by atoms with Gasteiger partial charge in [-0.2, -0.15) is 0 Å². The monoisotopic (exact) mass is 211 g/mol. The van der Waals surface area contributed by atoms with Crippen molar-refractivity contribution in [3.05, 3.63) is 0 Å². The first kappa shape index (κ1) is 12.2. The summed E-state index contributed by atoms with van der Waals surface area (Å²) in [6, 6.07) is 0. The van der Waals surface area contributed by atoms with Crippen LogP contribution in [0.15, 0.2) is 0 Å². The van der Waals surface area contributed by atoms with Gasteiger partial charge in [0.25, 0.3) is 0 Å². The van der Waals surface area contributed by atoms with Gasteiger partial charge in [-0.15, -0.1) is 0 Å². The minimum Gasteiger partial charge on any atom is -0.356 e. The SMILES string of the molecule is N=CC1(CCNC(=O)CCCN)CCC1. The Hall–Kier alpha value is -0.900. The van der Waals surface area contributed by atoms with Crippen molar-refractivity contribution >= 4 is 12.1 Å². The average molecular weight is 211 g/mol. The predicted molar refractivity (Wildman–Crippen MR) is 61.0 cm³/mol. The molecule has 0 saturated heterocycles. The molecule has 4 heteroatoms. The van der Waals surface area contributed by atoms with Gasteiger partial charge in [0.2, 0.25) is 5.91 Å². The molecule has 1 aliphatic carbocycles. The fourth-order valence-electron chi connectivity index (χ4n) is 1.90. The molecule has 0 unspecified atom stereocenters. The lowest BCUT2D eigenvalue weighted by Gasteiger charge is -2.38. The van der Waals surface area contributed by atoms with Crippen LogP contribution in [0.3, 0.4) is 0 Å². The van der Waals surface area contributed by atoms with E-state index in [1.54, 1.807) is 6.21 Å². The Morgan fingerprint density at radius 2 is 2.27 bits per heavy atom. The third-order valence-electron chi connectivity index (χ3n) is 3.21. The van der Waals surface area contributed by atoms with Crippen LogP contribution in [0.2, 0.25) is 0 Å². The Bertz CT molecular complexity index is 224. The Labute approximate surface area is 91.1 Å². The summed E-state index contributed by atoms with van der Waals surface area (Å²) in [5.74, 6) is 0.0832. The van der Waals surface area contributed by atoms with Gasteiger partial charge in [-0.25, -0.2) is 0 Å². The largest absolute Gasteiger partial charge is 0.356 e. The minimum atomic E-state index is 0.0832. The molecule has 0 bridgehead atoms. The third kappa shape index (κ3) is 3.63. The summed E-state index contributed by atoms with van der Waals surface area (Å²) in [5.41, 5.74) is 5.42. The third-order valence-corrected chi connectivity index (χ3v) is 3.21. The molecule has 0 aromatic carbocycles. The Morgan fingerprint density at radius 3 is 2.73 bits per heavy atom. The molecule has 4 nitrogen and oxygen atoms in total. The fourth-order valence-corrected chi connectivity index (χ4v) is 1.90. The van der Waals surface area contributed by atoms with E-state index in [0.717, 1.165) is 25.7 Å².